The van der Waals surface area contributed by atoms with Crippen molar-refractivity contribution in [3.8, 4) is 0 Å². The van der Waals surface area contributed by atoms with Crippen molar-refractivity contribution in [1.82, 2.24) is 15.3 Å². The van der Waals surface area contributed by atoms with Crippen molar-refractivity contribution in [1.29, 1.82) is 0 Å². The van der Waals surface area contributed by atoms with E-state index in [-0.39, 0.29) is 30.2 Å². The van der Waals surface area contributed by atoms with Crippen LogP contribution in [-0.4, -0.2) is 35.0 Å². The van der Waals surface area contributed by atoms with Crippen LogP contribution in [0.1, 0.15) is 29.8 Å². The van der Waals surface area contributed by atoms with Crippen molar-refractivity contribution < 1.29 is 23.2 Å². The first-order chi connectivity index (χ1) is 16.5. The molecule has 0 unspecified atom stereocenters. The van der Waals surface area contributed by atoms with E-state index in [1.54, 1.807) is 80.6 Å². The second kappa shape index (κ2) is 12.0. The highest BCUT2D eigenvalue weighted by atomic mass is 31.2. The van der Waals surface area contributed by atoms with Crippen molar-refractivity contribution in [2.75, 3.05) is 18.5 Å². The van der Waals surface area contributed by atoms with E-state index in [9.17, 15) is 14.2 Å². The Kier molecular flexibility index (Phi) is 8.81. The average molecular weight is 480 g/mol. The molecule has 10 heteroatoms. The van der Waals surface area contributed by atoms with E-state index in [1.807, 2.05) is 0 Å². The first-order valence-electron chi connectivity index (χ1n) is 10.6. The van der Waals surface area contributed by atoms with Gasteiger partial charge in [-0.3, -0.25) is 19.5 Å². The molecule has 0 saturated carbocycles. The monoisotopic (exact) mass is 480 g/mol. The Morgan fingerprint density at radius 3 is 1.88 bits per heavy atom. The number of anilines is 1. The highest BCUT2D eigenvalue weighted by Gasteiger charge is 2.37. The van der Waals surface area contributed by atoms with Crippen molar-refractivity contribution in [3.63, 3.8) is 0 Å². The topological polar surface area (TPSA) is 120 Å². The number of hydrogen-bond donors (Lipinski definition) is 2. The predicted molar refractivity (Wildman–Crippen MR) is 129 cm³/mol. The van der Waals surface area contributed by atoms with E-state index < -0.39 is 19.4 Å². The van der Waals surface area contributed by atoms with Gasteiger partial charge in [0.25, 0.3) is 11.8 Å². The van der Waals surface area contributed by atoms with Gasteiger partial charge in [0.05, 0.1) is 13.2 Å². The maximum Gasteiger partial charge on any atom is 0.364 e. The number of benzene rings is 2. The van der Waals surface area contributed by atoms with Crippen LogP contribution < -0.4 is 10.6 Å². The average Bonchev–Trinajstić information content (AvgIpc) is 2.85. The Hall–Kier alpha value is -3.65. The van der Waals surface area contributed by atoms with Crippen LogP contribution in [0.4, 0.5) is 5.95 Å². The molecule has 176 valence electrons. The number of nitrogens with zero attached hydrogens (tertiary/aromatic N) is 2. The van der Waals surface area contributed by atoms with Crippen LogP contribution in [0.25, 0.3) is 5.31 Å². The Labute approximate surface area is 197 Å². The van der Waals surface area contributed by atoms with Gasteiger partial charge in [0.2, 0.25) is 5.95 Å². The maximum absolute atomic E-state index is 14.0. The lowest BCUT2D eigenvalue weighted by Crippen LogP contribution is -2.32. The van der Waals surface area contributed by atoms with Gasteiger partial charge in [-0.05, 0) is 37.6 Å². The second-order valence-electron chi connectivity index (χ2n) is 6.77. The summed E-state index contributed by atoms with van der Waals surface area (Å²) in [5.74, 6) is -1.35. The molecule has 2 aromatic carbocycles. The lowest BCUT2D eigenvalue weighted by Gasteiger charge is -2.23. The van der Waals surface area contributed by atoms with Crippen LogP contribution in [0, 0.1) is 0 Å². The normalized spacial score (nSPS) is 11.9. The zero-order valence-corrected chi connectivity index (χ0v) is 19.7. The SMILES string of the molecule is CCOP(=O)(OCC)/C(=C(\NC(=O)c1ccccc1)C(=O)Nc1ncccn1)c1ccccc1. The summed E-state index contributed by atoms with van der Waals surface area (Å²) in [6.45, 7) is 3.43. The number of carbonyl (C=O) groups excluding carboxylic acids is 2. The Morgan fingerprint density at radius 2 is 1.35 bits per heavy atom. The first kappa shape index (κ1) is 25.0. The fourth-order valence-corrected chi connectivity index (χ4v) is 4.98. The molecule has 0 aliphatic heterocycles. The summed E-state index contributed by atoms with van der Waals surface area (Å²) in [6, 6.07) is 18.4. The lowest BCUT2D eigenvalue weighted by atomic mass is 10.1. The summed E-state index contributed by atoms with van der Waals surface area (Å²) in [4.78, 5) is 34.5. The molecule has 1 heterocycles. The minimum Gasteiger partial charge on any atom is -0.317 e. The third-order valence-corrected chi connectivity index (χ3v) is 6.67. The fourth-order valence-electron chi connectivity index (χ4n) is 3.07. The van der Waals surface area contributed by atoms with E-state index in [4.69, 9.17) is 9.05 Å². The van der Waals surface area contributed by atoms with Crippen molar-refractivity contribution in [2.24, 2.45) is 0 Å². The second-order valence-corrected chi connectivity index (χ2v) is 8.73. The van der Waals surface area contributed by atoms with Gasteiger partial charge >= 0.3 is 7.60 Å². The molecule has 34 heavy (non-hydrogen) atoms. The van der Waals surface area contributed by atoms with Gasteiger partial charge in [0.15, 0.2) is 0 Å². The Balaban J connectivity index is 2.21. The number of rotatable bonds is 10. The number of aromatic nitrogens is 2. The van der Waals surface area contributed by atoms with E-state index in [2.05, 4.69) is 20.6 Å². The number of amides is 2. The molecule has 1 aromatic heterocycles. The smallest absolute Gasteiger partial charge is 0.317 e. The minimum absolute atomic E-state index is 0.00836. The van der Waals surface area contributed by atoms with Crippen LogP contribution in [0.3, 0.4) is 0 Å². The molecule has 0 fully saturated rings. The molecule has 2 amide bonds. The third-order valence-electron chi connectivity index (χ3n) is 4.45. The standard InChI is InChI=1S/C24H25N4O5P/c1-3-32-34(31,33-4-2)21(18-12-7-5-8-13-18)20(23(30)28-24-25-16-11-17-26-24)27-22(29)19-14-9-6-10-15-19/h5-17H,3-4H2,1-2H3,(H,27,29)(H,25,26,28,30)/b21-20-. The number of nitrogens with one attached hydrogen (secondary N) is 2. The molecular formula is C24H25N4O5P. The van der Waals surface area contributed by atoms with Gasteiger partial charge in [0.1, 0.15) is 11.0 Å². The molecule has 9 nitrogen and oxygen atoms in total. The zero-order chi connectivity index (χ0) is 24.4. The van der Waals surface area contributed by atoms with Crippen molar-refractivity contribution >= 4 is 30.7 Å². The molecule has 3 rings (SSSR count). The van der Waals surface area contributed by atoms with Gasteiger partial charge in [-0.2, -0.15) is 0 Å². The maximum atomic E-state index is 14.0. The first-order valence-corrected chi connectivity index (χ1v) is 12.2. The summed E-state index contributed by atoms with van der Waals surface area (Å²) >= 11 is 0. The third kappa shape index (κ3) is 6.23. The molecule has 2 N–H and O–H groups in total. The van der Waals surface area contributed by atoms with E-state index in [0.717, 1.165) is 0 Å². The molecule has 3 aromatic rings. The van der Waals surface area contributed by atoms with Gasteiger partial charge in [0, 0.05) is 18.0 Å². The highest BCUT2D eigenvalue weighted by molar-refractivity contribution is 7.65. The van der Waals surface area contributed by atoms with Gasteiger partial charge in [-0.25, -0.2) is 9.97 Å². The quantitative estimate of drug-likeness (QED) is 0.324. The van der Waals surface area contributed by atoms with E-state index >= 15 is 0 Å². The Morgan fingerprint density at radius 1 is 0.824 bits per heavy atom. The van der Waals surface area contributed by atoms with Crippen LogP contribution >= 0.6 is 7.60 Å². The van der Waals surface area contributed by atoms with Crippen LogP contribution in [0.5, 0.6) is 0 Å². The van der Waals surface area contributed by atoms with Crippen LogP contribution in [0.15, 0.2) is 84.8 Å². The number of hydrogen-bond acceptors (Lipinski definition) is 7. The van der Waals surface area contributed by atoms with Crippen molar-refractivity contribution in [3.05, 3.63) is 95.9 Å². The van der Waals surface area contributed by atoms with Crippen LogP contribution in [-0.2, 0) is 18.4 Å². The highest BCUT2D eigenvalue weighted by Crippen LogP contribution is 2.61. The minimum atomic E-state index is -4.05. The predicted octanol–water partition coefficient (Wildman–Crippen LogP) is 4.48. The van der Waals surface area contributed by atoms with Crippen LogP contribution in [0.2, 0.25) is 0 Å². The molecule has 0 saturated heterocycles. The summed E-state index contributed by atoms with van der Waals surface area (Å²) in [5.41, 5.74) is 0.400. The van der Waals surface area contributed by atoms with E-state index in [0.29, 0.717) is 11.1 Å². The van der Waals surface area contributed by atoms with Gasteiger partial charge in [-0.15, -0.1) is 0 Å². The van der Waals surface area contributed by atoms with Crippen molar-refractivity contribution in [2.45, 2.75) is 13.8 Å². The van der Waals surface area contributed by atoms with Gasteiger partial charge in [-0.1, -0.05) is 48.5 Å². The fraction of sp³-hybridized carbons (Fsp3) is 0.167. The van der Waals surface area contributed by atoms with Gasteiger partial charge < -0.3 is 14.4 Å². The largest absolute Gasteiger partial charge is 0.364 e. The molecule has 0 aliphatic rings. The molecule has 0 bridgehead atoms. The molecule has 0 atom stereocenters. The Bertz CT molecular complexity index is 1180. The molecule has 0 radical (unpaired) electrons. The summed E-state index contributed by atoms with van der Waals surface area (Å²) in [6.07, 6.45) is 2.91. The van der Waals surface area contributed by atoms with E-state index in [1.165, 1.54) is 12.4 Å². The summed E-state index contributed by atoms with van der Waals surface area (Å²) in [5, 5.41) is 5.08. The molecule has 0 aliphatic carbocycles. The molecule has 0 spiro atoms. The zero-order valence-electron chi connectivity index (χ0n) is 18.8. The summed E-state index contributed by atoms with van der Waals surface area (Å²) < 4.78 is 25.1. The molecular weight excluding hydrogens is 455 g/mol. The summed E-state index contributed by atoms with van der Waals surface area (Å²) in [7, 11) is -4.05. The number of carbonyl (C=O) groups is 2. The lowest BCUT2D eigenvalue weighted by molar-refractivity contribution is -0.113.